The molecule has 0 aliphatic carbocycles. The number of β-amino-alcohol motifs (C(OH)–C–C–N with tert-alkyl or cyclic N) is 1. The lowest BCUT2D eigenvalue weighted by molar-refractivity contribution is 0.0408. The summed E-state index contributed by atoms with van der Waals surface area (Å²) in [5.41, 5.74) is 2.23. The standard InChI is InChI=1S/C22H28N2O5S/c1-29-22(26)19-11-9-17(10-12-19)14-24(30(27)28)16-21(18-6-3-2-4-7-18)23-13-5-8-20(25)15-23/h2-4,6-7,9-12,20-21,25,30H,5,8,13-16H2,1H3. The summed E-state index contributed by atoms with van der Waals surface area (Å²) in [6.45, 7) is 1.83. The lowest BCUT2D eigenvalue weighted by Crippen LogP contribution is -2.44. The maximum Gasteiger partial charge on any atom is 0.337 e. The Hall–Kier alpha value is -2.26. The van der Waals surface area contributed by atoms with E-state index in [1.54, 1.807) is 24.3 Å². The molecule has 3 rings (SSSR count). The van der Waals surface area contributed by atoms with Crippen LogP contribution in [0.1, 0.15) is 40.4 Å². The van der Waals surface area contributed by atoms with Crippen LogP contribution < -0.4 is 0 Å². The highest BCUT2D eigenvalue weighted by Crippen LogP contribution is 2.26. The van der Waals surface area contributed by atoms with E-state index in [9.17, 15) is 18.3 Å². The molecular weight excluding hydrogens is 404 g/mol. The van der Waals surface area contributed by atoms with Gasteiger partial charge in [0.1, 0.15) is 0 Å². The van der Waals surface area contributed by atoms with Gasteiger partial charge >= 0.3 is 5.97 Å². The monoisotopic (exact) mass is 432 g/mol. The maximum atomic E-state index is 12.1. The van der Waals surface area contributed by atoms with Crippen LogP contribution in [0.3, 0.4) is 0 Å². The van der Waals surface area contributed by atoms with Crippen molar-refractivity contribution in [3.8, 4) is 0 Å². The number of likely N-dealkylation sites (tertiary alicyclic amines) is 1. The van der Waals surface area contributed by atoms with Crippen LogP contribution in [0.15, 0.2) is 54.6 Å². The third-order valence-electron chi connectivity index (χ3n) is 5.41. The smallest absolute Gasteiger partial charge is 0.337 e. The van der Waals surface area contributed by atoms with Gasteiger partial charge in [0.2, 0.25) is 10.9 Å². The van der Waals surface area contributed by atoms with Crippen molar-refractivity contribution in [3.05, 3.63) is 71.3 Å². The summed E-state index contributed by atoms with van der Waals surface area (Å²) in [6, 6.07) is 16.4. The van der Waals surface area contributed by atoms with Crippen LogP contribution in [-0.4, -0.2) is 61.5 Å². The van der Waals surface area contributed by atoms with E-state index in [1.807, 2.05) is 30.3 Å². The second-order valence-electron chi connectivity index (χ2n) is 7.49. The van der Waals surface area contributed by atoms with Crippen molar-refractivity contribution in [1.82, 2.24) is 9.21 Å². The number of piperidine rings is 1. The molecule has 0 amide bonds. The molecular formula is C22H28N2O5S. The van der Waals surface area contributed by atoms with E-state index < -0.39 is 23.0 Å². The minimum absolute atomic E-state index is 0.150. The molecule has 2 aromatic rings. The zero-order valence-corrected chi connectivity index (χ0v) is 17.9. The normalized spacial score (nSPS) is 18.5. The van der Waals surface area contributed by atoms with E-state index in [0.29, 0.717) is 12.1 Å². The fourth-order valence-electron chi connectivity index (χ4n) is 3.84. The zero-order chi connectivity index (χ0) is 21.5. The lowest BCUT2D eigenvalue weighted by Gasteiger charge is -2.38. The van der Waals surface area contributed by atoms with Gasteiger partial charge in [-0.05, 0) is 42.6 Å². The number of benzene rings is 2. The summed E-state index contributed by atoms with van der Waals surface area (Å²) in [5.74, 6) is -0.430. The maximum absolute atomic E-state index is 12.1. The highest BCUT2D eigenvalue weighted by molar-refractivity contribution is 7.69. The molecule has 0 aromatic heterocycles. The quantitative estimate of drug-likeness (QED) is 0.490. The molecule has 1 fully saturated rings. The second-order valence-corrected chi connectivity index (χ2v) is 8.53. The number of aliphatic hydroxyl groups excluding tert-OH is 1. The molecule has 162 valence electrons. The third-order valence-corrected chi connectivity index (χ3v) is 6.17. The molecule has 7 nitrogen and oxygen atoms in total. The minimum Gasteiger partial charge on any atom is -0.465 e. The van der Waals surface area contributed by atoms with E-state index in [0.717, 1.165) is 30.5 Å². The molecule has 0 saturated carbocycles. The first kappa shape index (κ1) is 22.4. The highest BCUT2D eigenvalue weighted by atomic mass is 32.2. The summed E-state index contributed by atoms with van der Waals surface area (Å²) < 4.78 is 30.2. The van der Waals surface area contributed by atoms with Gasteiger partial charge < -0.3 is 9.84 Å². The first-order valence-electron chi connectivity index (χ1n) is 10.0. The van der Waals surface area contributed by atoms with Gasteiger partial charge in [0.15, 0.2) is 0 Å². The first-order chi connectivity index (χ1) is 14.5. The Morgan fingerprint density at radius 1 is 1.20 bits per heavy atom. The van der Waals surface area contributed by atoms with Crippen molar-refractivity contribution in [3.63, 3.8) is 0 Å². The Kier molecular flexibility index (Phi) is 7.98. The number of esters is 1. The molecule has 1 saturated heterocycles. The number of hydrogen-bond donors (Lipinski definition) is 2. The fraction of sp³-hybridized carbons (Fsp3) is 0.409. The molecule has 1 N–H and O–H groups in total. The molecule has 0 radical (unpaired) electrons. The van der Waals surface area contributed by atoms with E-state index in [1.165, 1.54) is 11.4 Å². The van der Waals surface area contributed by atoms with Gasteiger partial charge in [-0.3, -0.25) is 4.90 Å². The second kappa shape index (κ2) is 10.7. The number of nitrogens with zero attached hydrogens (tertiary/aromatic N) is 2. The predicted molar refractivity (Wildman–Crippen MR) is 115 cm³/mol. The van der Waals surface area contributed by atoms with Gasteiger partial charge in [0, 0.05) is 25.7 Å². The van der Waals surface area contributed by atoms with Gasteiger partial charge in [-0.1, -0.05) is 42.5 Å². The molecule has 0 bridgehead atoms. The molecule has 8 heteroatoms. The first-order valence-corrected chi connectivity index (χ1v) is 11.1. The molecule has 2 aromatic carbocycles. The van der Waals surface area contributed by atoms with Crippen molar-refractivity contribution in [2.45, 2.75) is 31.5 Å². The Morgan fingerprint density at radius 2 is 1.90 bits per heavy atom. The summed E-state index contributed by atoms with van der Waals surface area (Å²) in [7, 11) is -1.49. The van der Waals surface area contributed by atoms with Crippen LogP contribution in [0, 0.1) is 0 Å². The van der Waals surface area contributed by atoms with Crippen LogP contribution >= 0.6 is 0 Å². The van der Waals surface area contributed by atoms with Gasteiger partial charge in [0.25, 0.3) is 0 Å². The van der Waals surface area contributed by atoms with E-state index >= 15 is 0 Å². The third kappa shape index (κ3) is 5.89. The molecule has 1 heterocycles. The zero-order valence-electron chi connectivity index (χ0n) is 17.0. The van der Waals surface area contributed by atoms with Crippen LogP contribution in [0.2, 0.25) is 0 Å². The van der Waals surface area contributed by atoms with Crippen LogP contribution in [0.4, 0.5) is 0 Å². The van der Waals surface area contributed by atoms with E-state index in [2.05, 4.69) is 4.90 Å². The van der Waals surface area contributed by atoms with Crippen LogP contribution in [0.5, 0.6) is 0 Å². The number of ether oxygens (including phenoxy) is 1. The summed E-state index contributed by atoms with van der Waals surface area (Å²) >= 11 is 0. The van der Waals surface area contributed by atoms with Crippen molar-refractivity contribution in [2.24, 2.45) is 0 Å². The number of aliphatic hydroxyl groups is 1. The molecule has 1 aliphatic rings. The van der Waals surface area contributed by atoms with Gasteiger partial charge in [-0.25, -0.2) is 13.2 Å². The van der Waals surface area contributed by atoms with Crippen LogP contribution in [0.25, 0.3) is 0 Å². The number of carbonyl (C=O) groups excluding carboxylic acids is 1. The molecule has 1 aliphatic heterocycles. The SMILES string of the molecule is COC(=O)c1ccc(CN(CC(c2ccccc2)N2CCCC(O)C2)[SH](=O)=O)cc1. The fourth-order valence-corrected chi connectivity index (χ4v) is 4.40. The van der Waals surface area contributed by atoms with Gasteiger partial charge in [-0.2, -0.15) is 4.31 Å². The largest absolute Gasteiger partial charge is 0.465 e. The van der Waals surface area contributed by atoms with Crippen LogP contribution in [-0.2, 0) is 22.2 Å². The number of hydrogen-bond acceptors (Lipinski definition) is 6. The number of carbonyl (C=O) groups is 1. The van der Waals surface area contributed by atoms with E-state index in [4.69, 9.17) is 4.74 Å². The predicted octanol–water partition coefficient (Wildman–Crippen LogP) is 2.00. The van der Waals surface area contributed by atoms with Crippen molar-refractivity contribution >= 4 is 16.9 Å². The van der Waals surface area contributed by atoms with Gasteiger partial charge in [-0.15, -0.1) is 0 Å². The van der Waals surface area contributed by atoms with Crippen molar-refractivity contribution in [2.75, 3.05) is 26.7 Å². The van der Waals surface area contributed by atoms with E-state index in [-0.39, 0.29) is 19.1 Å². The number of thiol groups is 1. The summed E-state index contributed by atoms with van der Waals surface area (Å²) in [6.07, 6.45) is 1.25. The minimum atomic E-state index is -2.81. The number of methoxy groups -OCH3 is 1. The van der Waals surface area contributed by atoms with Crippen molar-refractivity contribution < 1.29 is 23.1 Å². The highest BCUT2D eigenvalue weighted by Gasteiger charge is 2.28. The average Bonchev–Trinajstić information content (AvgIpc) is 2.77. The summed E-state index contributed by atoms with van der Waals surface area (Å²) in [5, 5.41) is 10.1. The summed E-state index contributed by atoms with van der Waals surface area (Å²) in [4.78, 5) is 13.8. The van der Waals surface area contributed by atoms with Crippen molar-refractivity contribution in [1.29, 1.82) is 0 Å². The molecule has 2 unspecified atom stereocenters. The average molecular weight is 433 g/mol. The molecule has 2 atom stereocenters. The molecule has 30 heavy (non-hydrogen) atoms. The van der Waals surface area contributed by atoms with Gasteiger partial charge in [0.05, 0.1) is 18.8 Å². The number of rotatable bonds is 8. The Labute approximate surface area is 179 Å². The molecule has 0 spiro atoms. The Bertz CT molecular complexity index is 894. The lowest BCUT2D eigenvalue weighted by atomic mass is 10.0. The Balaban J connectivity index is 1.80. The Morgan fingerprint density at radius 3 is 2.50 bits per heavy atom. The topological polar surface area (TPSA) is 87.2 Å².